The molecular weight excluding hydrogens is 811 g/mol. The zero-order chi connectivity index (χ0) is 41.1. The molecule has 0 unspecified atom stereocenters. The van der Waals surface area contributed by atoms with Crippen molar-refractivity contribution in [1.82, 2.24) is 15.0 Å². The van der Waals surface area contributed by atoms with Crippen LogP contribution in [0.15, 0.2) is 126 Å². The third-order valence-corrected chi connectivity index (χ3v) is 10.3. The molecule has 0 spiro atoms. The molecule has 0 radical (unpaired) electrons. The first kappa shape index (κ1) is 40.0. The fourth-order valence-electron chi connectivity index (χ4n) is 5.15. The quantitative estimate of drug-likeness (QED) is 0.0514. The molecule has 5 aromatic carbocycles. The van der Waals surface area contributed by atoms with Crippen LogP contribution in [0.1, 0.15) is 0 Å². The summed E-state index contributed by atoms with van der Waals surface area (Å²) in [5, 5.41) is 31.9. The second-order valence-corrected chi connectivity index (χ2v) is 15.6. The number of aromatic hydroxyl groups is 1. The molecule has 0 saturated heterocycles. The summed E-state index contributed by atoms with van der Waals surface area (Å²) in [6, 6.07) is 19.3. The molecule has 0 aliphatic carbocycles. The number of hydrogen-bond acceptors (Lipinski definition) is 18. The van der Waals surface area contributed by atoms with E-state index in [0.717, 1.165) is 18.2 Å². The van der Waals surface area contributed by atoms with E-state index in [-0.39, 0.29) is 56.1 Å². The third-order valence-electron chi connectivity index (χ3n) is 7.62. The summed E-state index contributed by atoms with van der Waals surface area (Å²) in [6.07, 6.45) is 0. The minimum atomic E-state index is -4.87. The molecule has 6 rings (SSSR count). The zero-order valence-corrected chi connectivity index (χ0v) is 31.5. The van der Waals surface area contributed by atoms with Crippen molar-refractivity contribution in [2.24, 2.45) is 20.5 Å². The monoisotopic (exact) mass is 837 g/mol. The Morgan fingerprint density at radius 3 is 1.54 bits per heavy atom. The maximum atomic E-state index is 12.2. The molecule has 0 atom stereocenters. The van der Waals surface area contributed by atoms with E-state index in [4.69, 9.17) is 9.47 Å². The molecule has 0 amide bonds. The average molecular weight is 838 g/mol. The fourth-order valence-corrected chi connectivity index (χ4v) is 7.09. The topological polar surface area (TPSA) is 314 Å². The van der Waals surface area contributed by atoms with E-state index in [2.05, 4.69) is 46.0 Å². The molecule has 0 bridgehead atoms. The number of methoxy groups -OCH3 is 2. The zero-order valence-electron chi connectivity index (χ0n) is 29.1. The highest BCUT2D eigenvalue weighted by Crippen LogP contribution is 2.37. The van der Waals surface area contributed by atoms with Gasteiger partial charge in [0.2, 0.25) is 11.9 Å². The lowest BCUT2D eigenvalue weighted by atomic mass is 10.1. The first-order valence-corrected chi connectivity index (χ1v) is 20.0. The summed E-state index contributed by atoms with van der Waals surface area (Å²) >= 11 is 0. The summed E-state index contributed by atoms with van der Waals surface area (Å²) in [6.45, 7) is 0. The minimum Gasteiger partial charge on any atom is -0.494 e. The number of azo groups is 2. The van der Waals surface area contributed by atoms with Gasteiger partial charge in [-0.2, -0.15) is 60.7 Å². The lowest BCUT2D eigenvalue weighted by molar-refractivity contribution is 0.416. The van der Waals surface area contributed by atoms with E-state index in [1.54, 1.807) is 12.1 Å². The van der Waals surface area contributed by atoms with E-state index in [1.165, 1.54) is 74.9 Å². The van der Waals surface area contributed by atoms with Gasteiger partial charge in [-0.15, -0.1) is 0 Å². The number of nitrogens with one attached hydrogen (secondary N) is 2. The number of rotatable bonds is 13. The lowest BCUT2D eigenvalue weighted by Gasteiger charge is -2.13. The minimum absolute atomic E-state index is 0.110. The average Bonchev–Trinajstić information content (AvgIpc) is 3.15. The van der Waals surface area contributed by atoms with Crippen molar-refractivity contribution in [3.8, 4) is 17.5 Å². The molecule has 57 heavy (non-hydrogen) atoms. The van der Waals surface area contributed by atoms with E-state index in [1.807, 2.05) is 0 Å². The number of nitrogens with zero attached hydrogens (tertiary/aromatic N) is 7. The Balaban J connectivity index is 1.22. The smallest absolute Gasteiger partial charge is 0.320 e. The Labute approximate surface area is 323 Å². The molecule has 0 fully saturated rings. The molecule has 24 heteroatoms. The maximum Gasteiger partial charge on any atom is 0.320 e. The van der Waals surface area contributed by atoms with Gasteiger partial charge < -0.3 is 25.2 Å². The van der Waals surface area contributed by atoms with Gasteiger partial charge in [0.25, 0.3) is 30.4 Å². The van der Waals surface area contributed by atoms with Crippen molar-refractivity contribution in [2.45, 2.75) is 14.7 Å². The van der Waals surface area contributed by atoms with E-state index < -0.39 is 46.2 Å². The molecule has 21 nitrogen and oxygen atoms in total. The predicted molar refractivity (Wildman–Crippen MR) is 202 cm³/mol. The van der Waals surface area contributed by atoms with Crippen LogP contribution in [0.3, 0.4) is 0 Å². The largest absolute Gasteiger partial charge is 0.494 e. The van der Waals surface area contributed by atoms with Crippen LogP contribution in [-0.4, -0.2) is 73.2 Å². The van der Waals surface area contributed by atoms with E-state index >= 15 is 0 Å². The van der Waals surface area contributed by atoms with Gasteiger partial charge >= 0.3 is 6.01 Å². The van der Waals surface area contributed by atoms with Crippen molar-refractivity contribution in [2.75, 3.05) is 24.9 Å². The van der Waals surface area contributed by atoms with Gasteiger partial charge in [-0.3, -0.25) is 13.7 Å². The van der Waals surface area contributed by atoms with Gasteiger partial charge in [-0.05, 0) is 60.7 Å². The van der Waals surface area contributed by atoms with Crippen LogP contribution in [0.4, 0.5) is 46.0 Å². The van der Waals surface area contributed by atoms with Crippen LogP contribution in [0.2, 0.25) is 0 Å². The van der Waals surface area contributed by atoms with Crippen molar-refractivity contribution in [3.63, 3.8) is 0 Å². The Kier molecular flexibility index (Phi) is 11.1. The summed E-state index contributed by atoms with van der Waals surface area (Å²) in [7, 11) is -11.3. The van der Waals surface area contributed by atoms with Gasteiger partial charge in [0.15, 0.2) is 0 Å². The van der Waals surface area contributed by atoms with E-state index in [0.29, 0.717) is 17.1 Å². The normalized spacial score (nSPS) is 12.3. The summed E-state index contributed by atoms with van der Waals surface area (Å²) in [4.78, 5) is 10.5. The Morgan fingerprint density at radius 2 is 1.04 bits per heavy atom. The standard InChI is InChI=1S/C33H27N9O12S3/c1-53-27-15-19(40-39-18-5-3-6-22(13-18)55(44,45)46)9-11-25(27)34-31-36-32(38-33(43)37-31)35-26-12-10-20(16-28(26)54-2)41-42-21-14-24-23(30(17-21)57(50,51)52)7-4-8-29(24)56(47,48)49/h3-17H,1-2H3,(H,44,45,46)(H,47,48,49)(H,50,51,52)(H3,34,35,36,37,38,43). The Morgan fingerprint density at radius 1 is 0.526 bits per heavy atom. The summed E-state index contributed by atoms with van der Waals surface area (Å²) in [5.41, 5.74) is 1.12. The van der Waals surface area contributed by atoms with Crippen molar-refractivity contribution in [1.29, 1.82) is 0 Å². The Bertz CT molecular complexity index is 2950. The second kappa shape index (κ2) is 15.8. The Hall–Kier alpha value is -6.70. The van der Waals surface area contributed by atoms with Crippen LogP contribution < -0.4 is 20.1 Å². The molecule has 0 aliphatic rings. The van der Waals surface area contributed by atoms with Crippen LogP contribution in [-0.2, 0) is 30.4 Å². The van der Waals surface area contributed by atoms with Gasteiger partial charge in [-0.1, -0.05) is 18.2 Å². The number of hydrogen-bond donors (Lipinski definition) is 6. The molecular formula is C33H27N9O12S3. The van der Waals surface area contributed by atoms with Crippen molar-refractivity contribution in [3.05, 3.63) is 91.0 Å². The SMILES string of the molecule is COc1cc(N=Nc2cccc(S(=O)(=O)O)c2)ccc1Nc1nc(O)nc(Nc2ccc(N=Nc3cc(S(=O)(=O)O)c4cccc(S(=O)(=O)O)c4c3)cc2OC)n1. The molecule has 1 heterocycles. The first-order chi connectivity index (χ1) is 26.9. The first-order valence-electron chi connectivity index (χ1n) is 15.7. The predicted octanol–water partition coefficient (Wildman–Crippen LogP) is 6.81. The van der Waals surface area contributed by atoms with Crippen LogP contribution in [0.5, 0.6) is 17.5 Å². The van der Waals surface area contributed by atoms with Crippen molar-refractivity contribution < 1.29 is 53.5 Å². The number of aromatic nitrogens is 3. The molecule has 6 aromatic rings. The van der Waals surface area contributed by atoms with Crippen LogP contribution in [0, 0.1) is 0 Å². The van der Waals surface area contributed by atoms with E-state index in [9.17, 15) is 44.0 Å². The van der Waals surface area contributed by atoms with Crippen LogP contribution in [0.25, 0.3) is 10.8 Å². The number of ether oxygens (including phenoxy) is 2. The lowest BCUT2D eigenvalue weighted by Crippen LogP contribution is -2.05. The molecule has 0 saturated carbocycles. The molecule has 6 N–H and O–H groups in total. The number of benzene rings is 5. The third kappa shape index (κ3) is 9.58. The number of anilines is 4. The van der Waals surface area contributed by atoms with Gasteiger partial charge in [-0.25, -0.2) is 0 Å². The van der Waals surface area contributed by atoms with Gasteiger partial charge in [0.05, 0.1) is 53.2 Å². The van der Waals surface area contributed by atoms with Crippen LogP contribution >= 0.6 is 0 Å². The summed E-state index contributed by atoms with van der Waals surface area (Å²) in [5.74, 6) is 0.206. The molecule has 294 valence electrons. The van der Waals surface area contributed by atoms with Gasteiger partial charge in [0.1, 0.15) is 21.3 Å². The summed E-state index contributed by atoms with van der Waals surface area (Å²) < 4.78 is 111. The van der Waals surface area contributed by atoms with Gasteiger partial charge in [0, 0.05) is 22.9 Å². The highest BCUT2D eigenvalue weighted by molar-refractivity contribution is 7.86. The highest BCUT2D eigenvalue weighted by Gasteiger charge is 2.21. The second-order valence-electron chi connectivity index (χ2n) is 11.4. The fraction of sp³-hybridized carbons (Fsp3) is 0.0606. The number of fused-ring (bicyclic) bond motifs is 1. The van der Waals surface area contributed by atoms with Crippen molar-refractivity contribution >= 4 is 87.1 Å². The molecule has 0 aliphatic heterocycles. The maximum absolute atomic E-state index is 12.2. The molecule has 1 aromatic heterocycles. The highest BCUT2D eigenvalue weighted by atomic mass is 32.2.